The third kappa shape index (κ3) is 4.02. The number of alkyl halides is 3. The van der Waals surface area contributed by atoms with E-state index < -0.39 is 23.5 Å². The van der Waals surface area contributed by atoms with Gasteiger partial charge in [-0.15, -0.1) is 0 Å². The minimum Gasteiger partial charge on any atom is -0.311 e. The second-order valence-electron chi connectivity index (χ2n) is 6.00. The average Bonchev–Trinajstić information content (AvgIpc) is 2.59. The van der Waals surface area contributed by atoms with Crippen LogP contribution in [-0.4, -0.2) is 19.9 Å². The molecule has 3 rings (SSSR count). The van der Waals surface area contributed by atoms with Crippen molar-refractivity contribution >= 4 is 0 Å². The Morgan fingerprint density at radius 1 is 1.07 bits per heavy atom. The number of hydrogen-bond donors (Lipinski definition) is 1. The van der Waals surface area contributed by atoms with E-state index in [2.05, 4.69) is 19.9 Å². The van der Waals surface area contributed by atoms with Crippen LogP contribution >= 0.6 is 0 Å². The highest BCUT2D eigenvalue weighted by Crippen LogP contribution is 2.33. The van der Waals surface area contributed by atoms with E-state index in [1.165, 1.54) is 18.5 Å². The molecule has 0 aliphatic carbocycles. The van der Waals surface area contributed by atoms with E-state index in [1.54, 1.807) is 13.8 Å². The fraction of sp³-hybridized carbons (Fsp3) is 0.222. The van der Waals surface area contributed by atoms with Crippen LogP contribution in [0, 0.1) is 12.7 Å². The smallest absolute Gasteiger partial charge is 0.311 e. The van der Waals surface area contributed by atoms with E-state index >= 15 is 0 Å². The summed E-state index contributed by atoms with van der Waals surface area (Å²) in [6.45, 7) is 3.24. The number of aromatic nitrogens is 4. The van der Waals surface area contributed by atoms with Gasteiger partial charge in [-0.05, 0) is 30.7 Å². The van der Waals surface area contributed by atoms with Gasteiger partial charge < -0.3 is 4.98 Å². The maximum atomic E-state index is 14.2. The highest BCUT2D eigenvalue weighted by atomic mass is 19.4. The predicted octanol–water partition coefficient (Wildman–Crippen LogP) is 3.85. The predicted molar refractivity (Wildman–Crippen MR) is 89.5 cm³/mol. The van der Waals surface area contributed by atoms with Gasteiger partial charge in [-0.25, -0.2) is 19.3 Å². The minimum absolute atomic E-state index is 0.0719. The summed E-state index contributed by atoms with van der Waals surface area (Å²) < 4.78 is 52.4. The number of nitrogens with zero attached hydrogens (tertiary/aromatic N) is 3. The summed E-state index contributed by atoms with van der Waals surface area (Å²) in [7, 11) is 0. The summed E-state index contributed by atoms with van der Waals surface area (Å²) in [5.74, 6) is -1.20. The summed E-state index contributed by atoms with van der Waals surface area (Å²) in [5, 5.41) is 0. The number of H-pyrrole nitrogens is 1. The van der Waals surface area contributed by atoms with Crippen LogP contribution in [0.3, 0.4) is 0 Å². The lowest BCUT2D eigenvalue weighted by Crippen LogP contribution is -2.10. The summed E-state index contributed by atoms with van der Waals surface area (Å²) >= 11 is 0. The van der Waals surface area contributed by atoms with E-state index in [-0.39, 0.29) is 11.1 Å². The Morgan fingerprint density at radius 2 is 1.81 bits per heavy atom. The number of aromatic amines is 1. The maximum Gasteiger partial charge on any atom is 0.416 e. The molecule has 1 atom stereocenters. The third-order valence-electron chi connectivity index (χ3n) is 4.05. The van der Waals surface area contributed by atoms with Crippen LogP contribution in [0.15, 0.2) is 41.5 Å². The molecule has 0 amide bonds. The van der Waals surface area contributed by atoms with Gasteiger partial charge in [-0.1, -0.05) is 13.0 Å². The van der Waals surface area contributed by atoms with Gasteiger partial charge in [0.1, 0.15) is 18.0 Å². The molecule has 2 heterocycles. The summed E-state index contributed by atoms with van der Waals surface area (Å²) in [6, 6.07) is 5.19. The van der Waals surface area contributed by atoms with Gasteiger partial charge >= 0.3 is 6.18 Å². The number of nitrogens with one attached hydrogen (secondary N) is 1. The van der Waals surface area contributed by atoms with Crippen molar-refractivity contribution in [1.82, 2.24) is 19.9 Å². The molecular formula is C18H14F4N4O. The molecule has 3 aromatic rings. The largest absolute Gasteiger partial charge is 0.416 e. The Bertz CT molecular complexity index is 1050. The van der Waals surface area contributed by atoms with Crippen molar-refractivity contribution in [3.8, 4) is 11.4 Å². The van der Waals surface area contributed by atoms with Gasteiger partial charge in [-0.2, -0.15) is 13.2 Å². The van der Waals surface area contributed by atoms with E-state index in [1.807, 2.05) is 0 Å². The van der Waals surface area contributed by atoms with E-state index in [0.717, 1.165) is 12.1 Å². The molecule has 2 aromatic heterocycles. The van der Waals surface area contributed by atoms with E-state index in [0.29, 0.717) is 29.0 Å². The summed E-state index contributed by atoms with van der Waals surface area (Å²) in [5.41, 5.74) is -0.267. The minimum atomic E-state index is -4.62. The second-order valence-corrected chi connectivity index (χ2v) is 6.00. The van der Waals surface area contributed by atoms with Gasteiger partial charge in [0.25, 0.3) is 5.56 Å². The van der Waals surface area contributed by atoms with Crippen LogP contribution in [0.5, 0.6) is 0 Å². The normalized spacial score (nSPS) is 12.8. The van der Waals surface area contributed by atoms with Crippen molar-refractivity contribution in [2.45, 2.75) is 25.9 Å². The van der Waals surface area contributed by atoms with Gasteiger partial charge in [0.15, 0.2) is 0 Å². The Balaban J connectivity index is 1.99. The first-order chi connectivity index (χ1) is 12.6. The lowest BCUT2D eigenvalue weighted by atomic mass is 9.95. The number of halogens is 4. The Kier molecular flexibility index (Phi) is 4.77. The van der Waals surface area contributed by atoms with Crippen LogP contribution in [0.4, 0.5) is 17.6 Å². The molecule has 0 saturated heterocycles. The zero-order valence-electron chi connectivity index (χ0n) is 14.3. The molecule has 0 spiro atoms. The first-order valence-corrected chi connectivity index (χ1v) is 7.92. The molecule has 0 unspecified atom stereocenters. The van der Waals surface area contributed by atoms with Gasteiger partial charge in [0, 0.05) is 12.0 Å². The molecular weight excluding hydrogens is 364 g/mol. The Labute approximate surface area is 151 Å². The molecule has 140 valence electrons. The fourth-order valence-electron chi connectivity index (χ4n) is 2.67. The number of rotatable bonds is 3. The van der Waals surface area contributed by atoms with Gasteiger partial charge in [0.05, 0.1) is 22.6 Å². The topological polar surface area (TPSA) is 71.5 Å². The first-order valence-electron chi connectivity index (χ1n) is 7.92. The van der Waals surface area contributed by atoms with Crippen molar-refractivity contribution in [3.63, 3.8) is 0 Å². The van der Waals surface area contributed by atoms with Crippen LogP contribution in [0.25, 0.3) is 11.4 Å². The van der Waals surface area contributed by atoms with Gasteiger partial charge in [-0.3, -0.25) is 4.79 Å². The van der Waals surface area contributed by atoms with Crippen molar-refractivity contribution in [3.05, 3.63) is 75.5 Å². The van der Waals surface area contributed by atoms with Crippen LogP contribution < -0.4 is 5.56 Å². The SMILES string of the molecule is Cc1nc(-c2cc([C@H](C)c3ccc(C(F)(F)F)cc3F)ncn2)cc(=O)[nH]1. The molecule has 0 aliphatic rings. The second kappa shape index (κ2) is 6.90. The number of hydrogen-bond acceptors (Lipinski definition) is 4. The van der Waals surface area contributed by atoms with Crippen molar-refractivity contribution in [1.29, 1.82) is 0 Å². The molecule has 1 N–H and O–H groups in total. The number of benzene rings is 1. The fourth-order valence-corrected chi connectivity index (χ4v) is 2.67. The quantitative estimate of drug-likeness (QED) is 0.703. The van der Waals surface area contributed by atoms with Crippen LogP contribution in [0.1, 0.15) is 35.5 Å². The molecule has 1 aromatic carbocycles. The van der Waals surface area contributed by atoms with E-state index in [9.17, 15) is 22.4 Å². The standard InChI is InChI=1S/C18H14F4N4O/c1-9(12-4-3-11(5-13(12)19)18(20,21)22)14-6-15(24-8-23-14)16-7-17(27)26-10(2)25-16/h3-9H,1-2H3,(H,25,26,27)/t9-/m1/s1. The van der Waals surface area contributed by atoms with Crippen LogP contribution in [-0.2, 0) is 6.18 Å². The van der Waals surface area contributed by atoms with Crippen molar-refractivity contribution in [2.75, 3.05) is 0 Å². The first kappa shape index (κ1) is 18.7. The van der Waals surface area contributed by atoms with Gasteiger partial charge in [0.2, 0.25) is 0 Å². The molecule has 5 nitrogen and oxygen atoms in total. The monoisotopic (exact) mass is 378 g/mol. The van der Waals surface area contributed by atoms with Crippen LogP contribution in [0.2, 0.25) is 0 Å². The highest BCUT2D eigenvalue weighted by Gasteiger charge is 2.31. The van der Waals surface area contributed by atoms with E-state index in [4.69, 9.17) is 0 Å². The highest BCUT2D eigenvalue weighted by molar-refractivity contribution is 5.54. The van der Waals surface area contributed by atoms with Crippen molar-refractivity contribution in [2.24, 2.45) is 0 Å². The molecule has 27 heavy (non-hydrogen) atoms. The summed E-state index contributed by atoms with van der Waals surface area (Å²) in [4.78, 5) is 26.5. The number of aryl methyl sites for hydroxylation is 1. The summed E-state index contributed by atoms with van der Waals surface area (Å²) in [6.07, 6.45) is -3.38. The zero-order valence-corrected chi connectivity index (χ0v) is 14.3. The lowest BCUT2D eigenvalue weighted by molar-refractivity contribution is -0.137. The molecule has 0 fully saturated rings. The molecule has 9 heteroatoms. The molecule has 0 radical (unpaired) electrons. The third-order valence-corrected chi connectivity index (χ3v) is 4.05. The Hall–Kier alpha value is -3.10. The van der Waals surface area contributed by atoms with Crippen molar-refractivity contribution < 1.29 is 17.6 Å². The zero-order chi connectivity index (χ0) is 19.8. The molecule has 0 bridgehead atoms. The Morgan fingerprint density at radius 3 is 2.44 bits per heavy atom. The lowest BCUT2D eigenvalue weighted by Gasteiger charge is -2.15. The maximum absolute atomic E-state index is 14.2. The molecule has 0 saturated carbocycles. The molecule has 0 aliphatic heterocycles. The average molecular weight is 378 g/mol.